The zero-order chi connectivity index (χ0) is 20.9. The van der Waals surface area contributed by atoms with Gasteiger partial charge in [0.25, 0.3) is 0 Å². The van der Waals surface area contributed by atoms with Crippen LogP contribution >= 0.6 is 0 Å². The largest absolute Gasteiger partial charge is 0.486 e. The Hall–Kier alpha value is -3.11. The third-order valence-electron chi connectivity index (χ3n) is 6.24. The Morgan fingerprint density at radius 2 is 1.48 bits per heavy atom. The fraction of sp³-hybridized carbons (Fsp3) is 0.296. The molecule has 1 aromatic heterocycles. The lowest BCUT2D eigenvalue weighted by molar-refractivity contribution is 0.166. The minimum Gasteiger partial charge on any atom is -0.486 e. The number of para-hydroxylation sites is 3. The normalized spacial score (nSPS) is 15.4. The van der Waals surface area contributed by atoms with E-state index in [4.69, 9.17) is 9.72 Å². The number of ether oxygens (including phenoxy) is 1. The molecule has 4 nitrogen and oxygen atoms in total. The van der Waals surface area contributed by atoms with Gasteiger partial charge in [-0.25, -0.2) is 4.98 Å². The number of nitrogens with zero attached hydrogens (tertiary/aromatic N) is 3. The molecular weight excluding hydrogens is 382 g/mol. The maximum absolute atomic E-state index is 6.04. The summed E-state index contributed by atoms with van der Waals surface area (Å²) in [4.78, 5) is 7.47. The van der Waals surface area contributed by atoms with Crippen molar-refractivity contribution in [1.29, 1.82) is 0 Å². The molecule has 1 saturated heterocycles. The molecule has 4 aromatic rings. The van der Waals surface area contributed by atoms with Crippen molar-refractivity contribution in [3.05, 3.63) is 96.3 Å². The van der Waals surface area contributed by atoms with Crippen LogP contribution in [0, 0.1) is 5.92 Å². The summed E-state index contributed by atoms with van der Waals surface area (Å²) < 4.78 is 8.43. The van der Waals surface area contributed by atoms with Crippen molar-refractivity contribution in [3.8, 4) is 5.75 Å². The number of fused-ring (bicyclic) bond motifs is 1. The topological polar surface area (TPSA) is 30.3 Å². The van der Waals surface area contributed by atoms with Gasteiger partial charge in [-0.15, -0.1) is 0 Å². The number of hydrogen-bond acceptors (Lipinski definition) is 3. The molecule has 0 N–H and O–H groups in total. The van der Waals surface area contributed by atoms with Crippen LogP contribution in [0.1, 0.15) is 24.2 Å². The van der Waals surface area contributed by atoms with Gasteiger partial charge in [-0.2, -0.15) is 0 Å². The molecule has 3 aromatic carbocycles. The van der Waals surface area contributed by atoms with Gasteiger partial charge in [0, 0.05) is 13.1 Å². The van der Waals surface area contributed by atoms with E-state index in [1.807, 2.05) is 30.3 Å². The molecule has 5 rings (SSSR count). The van der Waals surface area contributed by atoms with E-state index in [2.05, 4.69) is 64.1 Å². The molecule has 1 fully saturated rings. The second-order valence-electron chi connectivity index (χ2n) is 8.43. The summed E-state index contributed by atoms with van der Waals surface area (Å²) in [6, 6.07) is 29.2. The standard InChI is InChI=1S/C27H29N3O/c1-3-9-22(10-4-1)19-29-17-15-23(16-18-29)20-30-26-14-8-7-13-25(26)28-27(30)21-31-24-11-5-2-6-12-24/h1-14,23H,15-21H2. The van der Waals surface area contributed by atoms with Gasteiger partial charge in [0.15, 0.2) is 0 Å². The highest BCUT2D eigenvalue weighted by Gasteiger charge is 2.22. The second kappa shape index (κ2) is 9.36. The summed E-state index contributed by atoms with van der Waals surface area (Å²) in [5.41, 5.74) is 3.67. The summed E-state index contributed by atoms with van der Waals surface area (Å²) in [7, 11) is 0. The van der Waals surface area contributed by atoms with Crippen molar-refractivity contribution >= 4 is 11.0 Å². The van der Waals surface area contributed by atoms with Crippen molar-refractivity contribution in [2.45, 2.75) is 32.5 Å². The molecule has 0 bridgehead atoms. The SMILES string of the molecule is c1ccc(CN2CCC(Cn3c(COc4ccccc4)nc4ccccc43)CC2)cc1. The molecule has 158 valence electrons. The highest BCUT2D eigenvalue weighted by atomic mass is 16.5. The minimum absolute atomic E-state index is 0.492. The summed E-state index contributed by atoms with van der Waals surface area (Å²) in [6.07, 6.45) is 2.44. The van der Waals surface area contributed by atoms with Crippen LogP contribution in [0.2, 0.25) is 0 Å². The average molecular weight is 412 g/mol. The molecule has 1 aliphatic heterocycles. The first-order valence-corrected chi connectivity index (χ1v) is 11.2. The first-order valence-electron chi connectivity index (χ1n) is 11.2. The van der Waals surface area contributed by atoms with Crippen molar-refractivity contribution in [2.24, 2.45) is 5.92 Å². The van der Waals surface area contributed by atoms with E-state index in [1.54, 1.807) is 0 Å². The Labute approximate surface area is 184 Å². The number of aromatic nitrogens is 2. The molecule has 0 aliphatic carbocycles. The highest BCUT2D eigenvalue weighted by molar-refractivity contribution is 5.75. The van der Waals surface area contributed by atoms with Crippen LogP contribution in [0.4, 0.5) is 0 Å². The third-order valence-corrected chi connectivity index (χ3v) is 6.24. The van der Waals surface area contributed by atoms with Crippen LogP contribution in [0.5, 0.6) is 5.75 Å². The molecule has 31 heavy (non-hydrogen) atoms. The van der Waals surface area contributed by atoms with Crippen molar-refractivity contribution < 1.29 is 4.74 Å². The van der Waals surface area contributed by atoms with Crippen molar-refractivity contribution in [2.75, 3.05) is 13.1 Å². The first kappa shape index (κ1) is 19.8. The number of likely N-dealkylation sites (tertiary alicyclic amines) is 1. The number of benzene rings is 3. The number of imidazole rings is 1. The van der Waals surface area contributed by atoms with E-state index in [9.17, 15) is 0 Å². The third kappa shape index (κ3) is 4.80. The van der Waals surface area contributed by atoms with Gasteiger partial charge in [0.05, 0.1) is 11.0 Å². The van der Waals surface area contributed by atoms with Crippen molar-refractivity contribution in [1.82, 2.24) is 14.5 Å². The average Bonchev–Trinajstić information content (AvgIpc) is 3.18. The Bertz CT molecular complexity index is 1100. The molecule has 0 atom stereocenters. The zero-order valence-corrected chi connectivity index (χ0v) is 17.9. The van der Waals surface area contributed by atoms with Crippen LogP contribution in [0.15, 0.2) is 84.9 Å². The molecule has 0 amide bonds. The van der Waals surface area contributed by atoms with Crippen LogP contribution in [0.25, 0.3) is 11.0 Å². The second-order valence-corrected chi connectivity index (χ2v) is 8.43. The molecular formula is C27H29N3O. The van der Waals surface area contributed by atoms with Gasteiger partial charge in [0.1, 0.15) is 18.2 Å². The monoisotopic (exact) mass is 411 g/mol. The van der Waals surface area contributed by atoms with Gasteiger partial charge in [-0.3, -0.25) is 4.90 Å². The van der Waals surface area contributed by atoms with Crippen LogP contribution in [0.3, 0.4) is 0 Å². The fourth-order valence-corrected chi connectivity index (χ4v) is 4.53. The van der Waals surface area contributed by atoms with E-state index in [0.29, 0.717) is 12.5 Å². The summed E-state index contributed by atoms with van der Waals surface area (Å²) in [6.45, 7) is 4.86. The minimum atomic E-state index is 0.492. The van der Waals surface area contributed by atoms with Crippen LogP contribution in [-0.2, 0) is 19.7 Å². The predicted molar refractivity (Wildman–Crippen MR) is 125 cm³/mol. The number of hydrogen-bond donors (Lipinski definition) is 0. The lowest BCUT2D eigenvalue weighted by Crippen LogP contribution is -2.34. The lowest BCUT2D eigenvalue weighted by Gasteiger charge is -2.32. The van der Waals surface area contributed by atoms with Crippen LogP contribution in [-0.4, -0.2) is 27.5 Å². The zero-order valence-electron chi connectivity index (χ0n) is 17.9. The van der Waals surface area contributed by atoms with E-state index in [0.717, 1.165) is 43.3 Å². The molecule has 0 radical (unpaired) electrons. The molecule has 1 aliphatic rings. The van der Waals surface area contributed by atoms with E-state index in [-0.39, 0.29) is 0 Å². The van der Waals surface area contributed by atoms with Gasteiger partial charge in [-0.05, 0) is 61.7 Å². The van der Waals surface area contributed by atoms with Gasteiger partial charge >= 0.3 is 0 Å². The highest BCUT2D eigenvalue weighted by Crippen LogP contribution is 2.25. The Morgan fingerprint density at radius 1 is 0.806 bits per heavy atom. The maximum atomic E-state index is 6.04. The Kier molecular flexibility index (Phi) is 5.99. The Balaban J connectivity index is 1.26. The van der Waals surface area contributed by atoms with Gasteiger partial charge in [0.2, 0.25) is 0 Å². The molecule has 0 spiro atoms. The lowest BCUT2D eigenvalue weighted by atomic mass is 9.96. The first-order chi connectivity index (χ1) is 15.3. The summed E-state index contributed by atoms with van der Waals surface area (Å²) in [5.74, 6) is 2.56. The smallest absolute Gasteiger partial charge is 0.148 e. The molecule has 0 unspecified atom stereocenters. The van der Waals surface area contributed by atoms with Gasteiger partial charge < -0.3 is 9.30 Å². The van der Waals surface area contributed by atoms with E-state index in [1.165, 1.54) is 23.9 Å². The maximum Gasteiger partial charge on any atom is 0.148 e. The Morgan fingerprint density at radius 3 is 2.26 bits per heavy atom. The van der Waals surface area contributed by atoms with E-state index >= 15 is 0 Å². The summed E-state index contributed by atoms with van der Waals surface area (Å²) in [5, 5.41) is 0. The molecule has 2 heterocycles. The molecule has 4 heteroatoms. The predicted octanol–water partition coefficient (Wildman–Crippen LogP) is 5.53. The summed E-state index contributed by atoms with van der Waals surface area (Å²) >= 11 is 0. The molecule has 0 saturated carbocycles. The van der Waals surface area contributed by atoms with Crippen LogP contribution < -0.4 is 4.74 Å². The fourth-order valence-electron chi connectivity index (χ4n) is 4.53. The van der Waals surface area contributed by atoms with Gasteiger partial charge in [-0.1, -0.05) is 60.7 Å². The number of piperidine rings is 1. The van der Waals surface area contributed by atoms with Crippen molar-refractivity contribution in [3.63, 3.8) is 0 Å². The van der Waals surface area contributed by atoms with E-state index < -0.39 is 0 Å². The number of rotatable bonds is 7. The quantitative estimate of drug-likeness (QED) is 0.401.